The molecule has 3 N–H and O–H groups in total. The number of aryl methyl sites for hydroxylation is 1. The molecule has 96 valence electrons. The molecule has 5 nitrogen and oxygen atoms in total. The van der Waals surface area contributed by atoms with Crippen molar-refractivity contribution in [2.24, 2.45) is 5.92 Å². The highest BCUT2D eigenvalue weighted by Crippen LogP contribution is 2.10. The first-order chi connectivity index (χ1) is 8.19. The quantitative estimate of drug-likeness (QED) is 0.670. The molecule has 1 amide bonds. The van der Waals surface area contributed by atoms with Crippen LogP contribution in [0.4, 0.5) is 0 Å². The molecule has 1 aromatic rings. The van der Waals surface area contributed by atoms with Crippen LogP contribution in [0.25, 0.3) is 0 Å². The summed E-state index contributed by atoms with van der Waals surface area (Å²) < 4.78 is 0. The second-order valence-electron chi connectivity index (χ2n) is 4.29. The minimum atomic E-state index is -0.102. The zero-order chi connectivity index (χ0) is 12.7. The van der Waals surface area contributed by atoms with Gasteiger partial charge in [0.05, 0.1) is 11.8 Å². The van der Waals surface area contributed by atoms with E-state index in [1.54, 1.807) is 0 Å². The molecule has 0 spiro atoms. The van der Waals surface area contributed by atoms with Gasteiger partial charge in [0.15, 0.2) is 0 Å². The Hall–Kier alpha value is -1.36. The fraction of sp³-hybridized carbons (Fsp3) is 0.667. The smallest absolute Gasteiger partial charge is 0.254 e. The van der Waals surface area contributed by atoms with Gasteiger partial charge >= 0.3 is 0 Å². The van der Waals surface area contributed by atoms with Crippen LogP contribution in [0.15, 0.2) is 6.20 Å². The molecule has 0 radical (unpaired) electrons. The Morgan fingerprint density at radius 1 is 1.59 bits per heavy atom. The third kappa shape index (κ3) is 4.19. The van der Waals surface area contributed by atoms with E-state index in [1.165, 1.54) is 6.20 Å². The molecule has 0 saturated heterocycles. The fourth-order valence-electron chi connectivity index (χ4n) is 1.85. The van der Waals surface area contributed by atoms with Gasteiger partial charge in [-0.2, -0.15) is 5.10 Å². The Bertz CT molecular complexity index is 343. The van der Waals surface area contributed by atoms with Gasteiger partial charge in [-0.05, 0) is 25.7 Å². The van der Waals surface area contributed by atoms with Crippen LogP contribution in [0, 0.1) is 12.8 Å². The molecule has 17 heavy (non-hydrogen) atoms. The van der Waals surface area contributed by atoms with Crippen LogP contribution in [0.5, 0.6) is 0 Å². The molecule has 0 aliphatic carbocycles. The van der Waals surface area contributed by atoms with E-state index in [-0.39, 0.29) is 12.5 Å². The predicted molar refractivity (Wildman–Crippen MR) is 65.8 cm³/mol. The Kier molecular flexibility index (Phi) is 5.69. The number of aliphatic hydroxyl groups excluding tert-OH is 1. The normalized spacial score (nSPS) is 12.4. The molecule has 1 atom stereocenters. The lowest BCUT2D eigenvalue weighted by Gasteiger charge is -2.15. The lowest BCUT2D eigenvalue weighted by atomic mass is 10.00. The zero-order valence-corrected chi connectivity index (χ0v) is 10.5. The lowest BCUT2D eigenvalue weighted by Crippen LogP contribution is -2.30. The van der Waals surface area contributed by atoms with E-state index in [9.17, 15) is 4.79 Å². The number of amides is 1. The summed E-state index contributed by atoms with van der Waals surface area (Å²) in [5.41, 5.74) is 1.36. The first-order valence-electron chi connectivity index (χ1n) is 6.08. The van der Waals surface area contributed by atoms with E-state index < -0.39 is 0 Å². The molecule has 5 heteroatoms. The molecular weight excluding hydrogens is 218 g/mol. The molecule has 1 unspecified atom stereocenters. The molecule has 1 heterocycles. The van der Waals surface area contributed by atoms with Crippen molar-refractivity contribution < 1.29 is 9.90 Å². The maximum absolute atomic E-state index is 11.8. The van der Waals surface area contributed by atoms with E-state index in [4.69, 9.17) is 5.11 Å². The first-order valence-corrected chi connectivity index (χ1v) is 6.08. The predicted octanol–water partition coefficient (Wildman–Crippen LogP) is 1.25. The van der Waals surface area contributed by atoms with E-state index in [0.29, 0.717) is 18.0 Å². The van der Waals surface area contributed by atoms with Crippen molar-refractivity contribution in [1.29, 1.82) is 0 Å². The summed E-state index contributed by atoms with van der Waals surface area (Å²) in [6.07, 6.45) is 4.35. The van der Waals surface area contributed by atoms with E-state index in [2.05, 4.69) is 22.4 Å². The van der Waals surface area contributed by atoms with Crippen LogP contribution in [0.2, 0.25) is 0 Å². The standard InChI is InChI=1S/C12H21N3O2/c1-3-4-10(5-6-16)7-13-12(17)11-8-14-15-9(11)2/h8,10,16H,3-7H2,1-2H3,(H,13,17)(H,14,15). The summed E-state index contributed by atoms with van der Waals surface area (Å²) in [7, 11) is 0. The van der Waals surface area contributed by atoms with Gasteiger partial charge in [-0.3, -0.25) is 9.89 Å². The van der Waals surface area contributed by atoms with Crippen molar-refractivity contribution >= 4 is 5.91 Å². The average molecular weight is 239 g/mol. The maximum atomic E-state index is 11.8. The molecule has 0 aromatic carbocycles. The second-order valence-corrected chi connectivity index (χ2v) is 4.29. The topological polar surface area (TPSA) is 78.0 Å². The third-order valence-electron chi connectivity index (χ3n) is 2.86. The number of nitrogens with one attached hydrogen (secondary N) is 2. The Balaban J connectivity index is 2.43. The Morgan fingerprint density at radius 3 is 2.88 bits per heavy atom. The van der Waals surface area contributed by atoms with Crippen LogP contribution in [-0.4, -0.2) is 34.4 Å². The van der Waals surface area contributed by atoms with Gasteiger partial charge in [-0.15, -0.1) is 0 Å². The number of hydrogen-bond acceptors (Lipinski definition) is 3. The molecule has 0 aliphatic rings. The van der Waals surface area contributed by atoms with Crippen LogP contribution in [-0.2, 0) is 0 Å². The van der Waals surface area contributed by atoms with Crippen molar-refractivity contribution in [3.8, 4) is 0 Å². The van der Waals surface area contributed by atoms with Gasteiger partial charge in [0.25, 0.3) is 5.91 Å². The summed E-state index contributed by atoms with van der Waals surface area (Å²) in [6, 6.07) is 0. The highest BCUT2D eigenvalue weighted by Gasteiger charge is 2.13. The summed E-state index contributed by atoms with van der Waals surface area (Å²) in [5.74, 6) is 0.247. The van der Waals surface area contributed by atoms with Gasteiger partial charge in [0, 0.05) is 18.8 Å². The van der Waals surface area contributed by atoms with E-state index in [1.807, 2.05) is 6.92 Å². The van der Waals surface area contributed by atoms with Crippen LogP contribution in [0.1, 0.15) is 42.2 Å². The molecule has 0 saturated carbocycles. The molecule has 1 aromatic heterocycles. The number of aromatic nitrogens is 2. The van der Waals surface area contributed by atoms with Crippen molar-refractivity contribution in [3.05, 3.63) is 17.5 Å². The Morgan fingerprint density at radius 2 is 2.35 bits per heavy atom. The average Bonchev–Trinajstić information content (AvgIpc) is 2.72. The summed E-state index contributed by atoms with van der Waals surface area (Å²) >= 11 is 0. The maximum Gasteiger partial charge on any atom is 0.254 e. The summed E-state index contributed by atoms with van der Waals surface area (Å²) in [4.78, 5) is 11.8. The van der Waals surface area contributed by atoms with Crippen LogP contribution < -0.4 is 5.32 Å². The number of aliphatic hydroxyl groups is 1. The van der Waals surface area contributed by atoms with Gasteiger partial charge in [-0.1, -0.05) is 13.3 Å². The number of nitrogens with zero attached hydrogens (tertiary/aromatic N) is 1. The highest BCUT2D eigenvalue weighted by molar-refractivity contribution is 5.94. The summed E-state index contributed by atoms with van der Waals surface area (Å²) in [6.45, 7) is 4.70. The monoisotopic (exact) mass is 239 g/mol. The minimum Gasteiger partial charge on any atom is -0.396 e. The molecule has 0 bridgehead atoms. The van der Waals surface area contributed by atoms with E-state index >= 15 is 0 Å². The fourth-order valence-corrected chi connectivity index (χ4v) is 1.85. The number of hydrogen-bond donors (Lipinski definition) is 3. The number of carbonyl (C=O) groups excluding carboxylic acids is 1. The van der Waals surface area contributed by atoms with Crippen molar-refractivity contribution in [2.45, 2.75) is 33.1 Å². The van der Waals surface area contributed by atoms with E-state index in [0.717, 1.165) is 25.0 Å². The number of H-pyrrole nitrogens is 1. The zero-order valence-electron chi connectivity index (χ0n) is 10.5. The lowest BCUT2D eigenvalue weighted by molar-refractivity contribution is 0.0942. The van der Waals surface area contributed by atoms with Gasteiger partial charge < -0.3 is 10.4 Å². The highest BCUT2D eigenvalue weighted by atomic mass is 16.3. The molecule has 0 fully saturated rings. The minimum absolute atomic E-state index is 0.102. The largest absolute Gasteiger partial charge is 0.396 e. The number of carbonyl (C=O) groups is 1. The van der Waals surface area contributed by atoms with Crippen molar-refractivity contribution in [1.82, 2.24) is 15.5 Å². The SMILES string of the molecule is CCCC(CCO)CNC(=O)c1cn[nH]c1C. The van der Waals surface area contributed by atoms with Crippen molar-refractivity contribution in [3.63, 3.8) is 0 Å². The first kappa shape index (κ1) is 13.7. The molecule has 1 rings (SSSR count). The second kappa shape index (κ2) is 7.06. The number of aromatic amines is 1. The third-order valence-corrected chi connectivity index (χ3v) is 2.86. The summed E-state index contributed by atoms with van der Waals surface area (Å²) in [5, 5.41) is 18.4. The van der Waals surface area contributed by atoms with Crippen LogP contribution >= 0.6 is 0 Å². The molecular formula is C12H21N3O2. The van der Waals surface area contributed by atoms with Crippen molar-refractivity contribution in [2.75, 3.05) is 13.2 Å². The van der Waals surface area contributed by atoms with Gasteiger partial charge in [-0.25, -0.2) is 0 Å². The van der Waals surface area contributed by atoms with Gasteiger partial charge in [0.1, 0.15) is 0 Å². The number of rotatable bonds is 7. The Labute approximate surface area is 102 Å². The van der Waals surface area contributed by atoms with Gasteiger partial charge in [0.2, 0.25) is 0 Å². The molecule has 0 aliphatic heterocycles. The van der Waals surface area contributed by atoms with Crippen LogP contribution in [0.3, 0.4) is 0 Å².